The highest BCUT2D eigenvalue weighted by molar-refractivity contribution is 7.09. The minimum atomic E-state index is -0.394. The Labute approximate surface area is 122 Å². The van der Waals surface area contributed by atoms with E-state index in [4.69, 9.17) is 4.42 Å². The molecule has 6 heteroatoms. The largest absolute Gasteiger partial charge is 0.467 e. The van der Waals surface area contributed by atoms with Crippen LogP contribution in [-0.2, 0) is 16.8 Å². The van der Waals surface area contributed by atoms with Gasteiger partial charge in [-0.25, -0.2) is 9.78 Å². The lowest BCUT2D eigenvalue weighted by molar-refractivity contribution is 0.0600. The molecule has 2 rings (SSSR count). The molecule has 0 atom stereocenters. The minimum absolute atomic E-state index is 0.253. The number of nitrogens with zero attached hydrogens (tertiary/aromatic N) is 1. The van der Waals surface area contributed by atoms with Crippen LogP contribution >= 0.6 is 11.3 Å². The summed E-state index contributed by atoms with van der Waals surface area (Å²) >= 11 is 1.63. The van der Waals surface area contributed by atoms with E-state index in [0.717, 1.165) is 10.7 Å². The molecule has 0 bridgehead atoms. The molecule has 2 aromatic rings. The minimum Gasteiger partial charge on any atom is -0.467 e. The number of hydrogen-bond donors (Lipinski definition) is 1. The van der Waals surface area contributed by atoms with E-state index in [1.807, 2.05) is 12.3 Å². The Morgan fingerprint density at radius 3 is 2.90 bits per heavy atom. The highest BCUT2D eigenvalue weighted by Gasteiger charge is 2.23. The van der Waals surface area contributed by atoms with E-state index >= 15 is 0 Å². The van der Waals surface area contributed by atoms with E-state index in [-0.39, 0.29) is 5.54 Å². The van der Waals surface area contributed by atoms with Crippen LogP contribution in [0.5, 0.6) is 0 Å². The summed E-state index contributed by atoms with van der Waals surface area (Å²) in [7, 11) is 1.35. The van der Waals surface area contributed by atoms with Crippen LogP contribution in [0.25, 0.3) is 0 Å². The summed E-state index contributed by atoms with van der Waals surface area (Å²) in [5.41, 5.74) is 1.19. The molecule has 0 aromatic carbocycles. The second-order valence-corrected chi connectivity index (χ2v) is 5.92. The van der Waals surface area contributed by atoms with Gasteiger partial charge in [0.1, 0.15) is 17.0 Å². The molecule has 0 aliphatic carbocycles. The van der Waals surface area contributed by atoms with E-state index < -0.39 is 5.97 Å². The van der Waals surface area contributed by atoms with Crippen molar-refractivity contribution < 1.29 is 13.9 Å². The number of aryl methyl sites for hydroxylation is 1. The summed E-state index contributed by atoms with van der Waals surface area (Å²) in [6.07, 6.45) is 1.41. The van der Waals surface area contributed by atoms with Crippen molar-refractivity contribution in [2.45, 2.75) is 32.9 Å². The van der Waals surface area contributed by atoms with Crippen LogP contribution in [0.15, 0.2) is 22.1 Å². The third-order valence-electron chi connectivity index (χ3n) is 2.93. The summed E-state index contributed by atoms with van der Waals surface area (Å²) < 4.78 is 9.98. The smallest absolute Gasteiger partial charge is 0.341 e. The fourth-order valence-electron chi connectivity index (χ4n) is 1.72. The van der Waals surface area contributed by atoms with Gasteiger partial charge >= 0.3 is 5.97 Å². The summed E-state index contributed by atoms with van der Waals surface area (Å²) in [5.74, 6) is 0.293. The maximum Gasteiger partial charge on any atom is 0.341 e. The first kappa shape index (κ1) is 14.7. The van der Waals surface area contributed by atoms with Gasteiger partial charge in [0.15, 0.2) is 0 Å². The highest BCUT2D eigenvalue weighted by Crippen LogP contribution is 2.24. The van der Waals surface area contributed by atoms with Crippen molar-refractivity contribution in [3.05, 3.63) is 39.7 Å². The lowest BCUT2D eigenvalue weighted by Crippen LogP contribution is -2.35. The van der Waals surface area contributed by atoms with Gasteiger partial charge in [-0.2, -0.15) is 0 Å². The number of thiazole rings is 1. The first-order valence-corrected chi connectivity index (χ1v) is 7.13. The number of furan rings is 1. The van der Waals surface area contributed by atoms with Crippen molar-refractivity contribution in [2.75, 3.05) is 7.11 Å². The highest BCUT2D eigenvalue weighted by atomic mass is 32.1. The lowest BCUT2D eigenvalue weighted by atomic mass is 10.1. The van der Waals surface area contributed by atoms with Crippen molar-refractivity contribution in [1.82, 2.24) is 10.3 Å². The number of ether oxygens (including phenoxy) is 1. The number of hydrogen-bond acceptors (Lipinski definition) is 6. The Kier molecular flexibility index (Phi) is 4.25. The molecule has 0 saturated heterocycles. The topological polar surface area (TPSA) is 64.4 Å². The van der Waals surface area contributed by atoms with Crippen LogP contribution in [-0.4, -0.2) is 18.1 Å². The molecule has 0 unspecified atom stereocenters. The zero-order chi connectivity index (χ0) is 14.8. The van der Waals surface area contributed by atoms with Gasteiger partial charge in [0.2, 0.25) is 0 Å². The Balaban J connectivity index is 2.01. The van der Waals surface area contributed by atoms with Crippen molar-refractivity contribution in [1.29, 1.82) is 0 Å². The molecule has 0 fully saturated rings. The van der Waals surface area contributed by atoms with Gasteiger partial charge in [-0.15, -0.1) is 11.3 Å². The average molecular weight is 294 g/mol. The van der Waals surface area contributed by atoms with Gasteiger partial charge < -0.3 is 9.15 Å². The number of aromatic nitrogens is 1. The lowest BCUT2D eigenvalue weighted by Gasteiger charge is -2.23. The Morgan fingerprint density at radius 1 is 1.55 bits per heavy atom. The van der Waals surface area contributed by atoms with E-state index in [9.17, 15) is 4.79 Å². The molecule has 1 N–H and O–H groups in total. The van der Waals surface area contributed by atoms with Gasteiger partial charge in [-0.1, -0.05) is 0 Å². The molecule has 0 radical (unpaired) electrons. The summed E-state index contributed by atoms with van der Waals surface area (Å²) in [6.45, 7) is 6.62. The van der Waals surface area contributed by atoms with Gasteiger partial charge in [-0.05, 0) is 26.8 Å². The molecule has 0 amide bonds. The van der Waals surface area contributed by atoms with E-state index in [0.29, 0.717) is 17.9 Å². The number of rotatable bonds is 5. The predicted molar refractivity (Wildman–Crippen MR) is 76.8 cm³/mol. The standard InChI is InChI=1S/C14H18N2O3S/c1-9-8-20-13(16-9)14(2,3)15-6-11-5-10(7-19-11)12(17)18-4/h5,7-8,15H,6H2,1-4H3. The number of carbonyl (C=O) groups is 1. The number of methoxy groups -OCH3 is 1. The molecule has 2 heterocycles. The quantitative estimate of drug-likeness (QED) is 0.859. The molecule has 2 aromatic heterocycles. The number of esters is 1. The fraction of sp³-hybridized carbons (Fsp3) is 0.429. The Hall–Kier alpha value is -1.66. The molecule has 5 nitrogen and oxygen atoms in total. The summed E-state index contributed by atoms with van der Waals surface area (Å²) in [5, 5.41) is 6.43. The molecule has 0 aliphatic rings. The molecule has 0 saturated carbocycles. The first-order chi connectivity index (χ1) is 9.42. The molecule has 0 spiro atoms. The van der Waals surface area contributed by atoms with E-state index in [1.54, 1.807) is 17.4 Å². The predicted octanol–water partition coefficient (Wildman–Crippen LogP) is 2.86. The van der Waals surface area contributed by atoms with E-state index in [1.165, 1.54) is 13.4 Å². The van der Waals surface area contributed by atoms with Crippen molar-refractivity contribution in [3.8, 4) is 0 Å². The Bertz CT molecular complexity index is 601. The summed E-state index contributed by atoms with van der Waals surface area (Å²) in [4.78, 5) is 15.8. The van der Waals surface area contributed by atoms with E-state index in [2.05, 4.69) is 28.9 Å². The third kappa shape index (κ3) is 3.26. The third-order valence-corrected chi connectivity index (χ3v) is 4.22. The van der Waals surface area contributed by atoms with Crippen LogP contribution in [0.1, 0.15) is 40.7 Å². The number of nitrogens with one attached hydrogen (secondary N) is 1. The van der Waals surface area contributed by atoms with Gasteiger partial charge in [-0.3, -0.25) is 5.32 Å². The van der Waals surface area contributed by atoms with Gasteiger partial charge in [0.05, 0.1) is 24.8 Å². The van der Waals surface area contributed by atoms with Crippen LogP contribution in [0.3, 0.4) is 0 Å². The van der Waals surface area contributed by atoms with Gasteiger partial charge in [0.25, 0.3) is 0 Å². The Morgan fingerprint density at radius 2 is 2.30 bits per heavy atom. The second-order valence-electron chi connectivity index (χ2n) is 5.07. The monoisotopic (exact) mass is 294 g/mol. The molecule has 0 aliphatic heterocycles. The SMILES string of the molecule is COC(=O)c1coc(CNC(C)(C)c2nc(C)cs2)c1. The maximum atomic E-state index is 11.3. The normalized spacial score (nSPS) is 11.6. The molecular weight excluding hydrogens is 276 g/mol. The van der Waals surface area contributed by atoms with Crippen LogP contribution in [0, 0.1) is 6.92 Å². The van der Waals surface area contributed by atoms with Crippen molar-refractivity contribution in [3.63, 3.8) is 0 Å². The van der Waals surface area contributed by atoms with Crippen molar-refractivity contribution >= 4 is 17.3 Å². The molecule has 108 valence electrons. The maximum absolute atomic E-state index is 11.3. The van der Waals surface area contributed by atoms with Gasteiger partial charge in [0, 0.05) is 11.1 Å². The zero-order valence-electron chi connectivity index (χ0n) is 12.0. The van der Waals surface area contributed by atoms with Crippen LogP contribution in [0.4, 0.5) is 0 Å². The fourth-order valence-corrected chi connectivity index (χ4v) is 2.62. The van der Waals surface area contributed by atoms with Crippen LogP contribution < -0.4 is 5.32 Å². The second kappa shape index (κ2) is 5.76. The zero-order valence-corrected chi connectivity index (χ0v) is 12.8. The average Bonchev–Trinajstić information content (AvgIpc) is 3.04. The molecule has 20 heavy (non-hydrogen) atoms. The first-order valence-electron chi connectivity index (χ1n) is 6.26. The number of carbonyl (C=O) groups excluding carboxylic acids is 1. The van der Waals surface area contributed by atoms with Crippen LogP contribution in [0.2, 0.25) is 0 Å². The van der Waals surface area contributed by atoms with Crippen molar-refractivity contribution in [2.24, 2.45) is 0 Å². The molecular formula is C14H18N2O3S. The summed E-state index contributed by atoms with van der Waals surface area (Å²) in [6, 6.07) is 1.68.